The number of hydrogen-bond acceptors (Lipinski definition) is 5. The monoisotopic (exact) mass is 331 g/mol. The van der Waals surface area contributed by atoms with Gasteiger partial charge in [0, 0.05) is 18.7 Å². The van der Waals surface area contributed by atoms with Crippen LogP contribution in [-0.2, 0) is 11.3 Å². The number of benzene rings is 1. The number of carbonyl (C=O) groups is 1. The molecule has 128 valence electrons. The first kappa shape index (κ1) is 16.5. The molecule has 2 aromatic rings. The summed E-state index contributed by atoms with van der Waals surface area (Å²) in [7, 11) is 0. The van der Waals surface area contributed by atoms with E-state index in [0.717, 1.165) is 11.3 Å². The minimum Gasteiger partial charge on any atom is -0.486 e. The van der Waals surface area contributed by atoms with Gasteiger partial charge in [0.1, 0.15) is 18.1 Å². The van der Waals surface area contributed by atoms with Crippen LogP contribution in [0.15, 0.2) is 40.8 Å². The number of ether oxygens (including phenoxy) is 2. The molecule has 6 heteroatoms. The molecule has 1 aliphatic rings. The third kappa shape index (κ3) is 3.96. The fraction of sp³-hybridized carbons (Fsp3) is 0.389. The van der Waals surface area contributed by atoms with Crippen molar-refractivity contribution >= 4 is 5.91 Å². The van der Waals surface area contributed by atoms with Crippen LogP contribution in [0.4, 0.5) is 0 Å². The molecule has 0 unspecified atom stereocenters. The summed E-state index contributed by atoms with van der Waals surface area (Å²) in [6, 6.07) is 11.2. The van der Waals surface area contributed by atoms with E-state index in [1.807, 2.05) is 37.3 Å². The van der Waals surface area contributed by atoms with Crippen LogP contribution in [0.1, 0.15) is 21.9 Å². The smallest absolute Gasteiger partial charge is 0.290 e. The van der Waals surface area contributed by atoms with Gasteiger partial charge in [0.25, 0.3) is 5.91 Å². The van der Waals surface area contributed by atoms with E-state index < -0.39 is 6.10 Å². The van der Waals surface area contributed by atoms with E-state index in [2.05, 4.69) is 0 Å². The first-order chi connectivity index (χ1) is 11.6. The fourth-order valence-electron chi connectivity index (χ4n) is 2.62. The van der Waals surface area contributed by atoms with Crippen molar-refractivity contribution in [3.8, 4) is 5.75 Å². The Labute approximate surface area is 140 Å². The highest BCUT2D eigenvalue weighted by atomic mass is 16.5. The molecule has 0 bridgehead atoms. The summed E-state index contributed by atoms with van der Waals surface area (Å²) in [6.45, 7) is 3.42. The van der Waals surface area contributed by atoms with Gasteiger partial charge in [0.2, 0.25) is 0 Å². The average molecular weight is 331 g/mol. The zero-order valence-electron chi connectivity index (χ0n) is 13.6. The van der Waals surface area contributed by atoms with E-state index in [4.69, 9.17) is 13.9 Å². The number of aliphatic hydroxyl groups excluding tert-OH is 1. The van der Waals surface area contributed by atoms with Crippen molar-refractivity contribution in [1.82, 2.24) is 4.90 Å². The van der Waals surface area contributed by atoms with Crippen LogP contribution in [0.25, 0.3) is 0 Å². The van der Waals surface area contributed by atoms with Gasteiger partial charge in [-0.3, -0.25) is 4.79 Å². The normalized spacial score (nSPS) is 18.2. The lowest BCUT2D eigenvalue weighted by Gasteiger charge is -2.20. The summed E-state index contributed by atoms with van der Waals surface area (Å²) in [4.78, 5) is 14.2. The number of carbonyl (C=O) groups excluding carboxylic acids is 1. The largest absolute Gasteiger partial charge is 0.486 e. The number of furan rings is 1. The van der Waals surface area contributed by atoms with Gasteiger partial charge in [0.15, 0.2) is 5.76 Å². The molecule has 1 atom stereocenters. The van der Waals surface area contributed by atoms with Gasteiger partial charge >= 0.3 is 0 Å². The number of hydrogen-bond donors (Lipinski definition) is 1. The number of para-hydroxylation sites is 1. The molecule has 1 aromatic carbocycles. The predicted octanol–water partition coefficient (Wildman–Crippen LogP) is 2.00. The molecule has 1 aliphatic heterocycles. The molecule has 1 amide bonds. The number of amides is 1. The topological polar surface area (TPSA) is 72.1 Å². The van der Waals surface area contributed by atoms with Crippen LogP contribution >= 0.6 is 0 Å². The second kappa shape index (κ2) is 7.51. The van der Waals surface area contributed by atoms with Crippen LogP contribution in [0.5, 0.6) is 5.75 Å². The summed E-state index contributed by atoms with van der Waals surface area (Å²) >= 11 is 0. The lowest BCUT2D eigenvalue weighted by Crippen LogP contribution is -2.37. The number of rotatable bonds is 4. The Balaban J connectivity index is 1.67. The maximum absolute atomic E-state index is 12.6. The highest BCUT2D eigenvalue weighted by molar-refractivity contribution is 5.93. The summed E-state index contributed by atoms with van der Waals surface area (Å²) in [5, 5.41) is 9.77. The standard InChI is InChI=1S/C18H21NO5/c1-13-9-16(12-23-15-5-3-2-4-6-15)24-17(13)18(21)19-7-8-22-11-14(20)10-19/h2-6,9,14,20H,7-8,10-12H2,1H3/t14-/m0/s1. The van der Waals surface area contributed by atoms with Crippen molar-refractivity contribution in [3.63, 3.8) is 0 Å². The lowest BCUT2D eigenvalue weighted by atomic mass is 10.2. The Kier molecular flexibility index (Phi) is 5.17. The molecule has 0 saturated carbocycles. The zero-order valence-corrected chi connectivity index (χ0v) is 13.6. The van der Waals surface area contributed by atoms with Gasteiger partial charge in [-0.15, -0.1) is 0 Å². The molecule has 0 radical (unpaired) electrons. The molecule has 1 saturated heterocycles. The number of aryl methyl sites for hydroxylation is 1. The molecule has 6 nitrogen and oxygen atoms in total. The van der Waals surface area contributed by atoms with E-state index in [0.29, 0.717) is 18.9 Å². The summed E-state index contributed by atoms with van der Waals surface area (Å²) in [6.07, 6.45) is -0.674. The lowest BCUT2D eigenvalue weighted by molar-refractivity contribution is 0.0524. The van der Waals surface area contributed by atoms with E-state index in [-0.39, 0.29) is 31.4 Å². The number of nitrogens with zero attached hydrogens (tertiary/aromatic N) is 1. The van der Waals surface area contributed by atoms with Crippen molar-refractivity contribution < 1.29 is 23.8 Å². The Morgan fingerprint density at radius 2 is 2.17 bits per heavy atom. The Morgan fingerprint density at radius 3 is 2.96 bits per heavy atom. The highest BCUT2D eigenvalue weighted by Gasteiger charge is 2.26. The molecule has 3 rings (SSSR count). The molecule has 0 spiro atoms. The van der Waals surface area contributed by atoms with Crippen LogP contribution in [0.2, 0.25) is 0 Å². The van der Waals surface area contributed by atoms with Crippen LogP contribution in [0.3, 0.4) is 0 Å². The van der Waals surface area contributed by atoms with Gasteiger partial charge < -0.3 is 23.9 Å². The molecule has 0 aliphatic carbocycles. The molecule has 2 heterocycles. The van der Waals surface area contributed by atoms with Crippen molar-refractivity contribution in [3.05, 3.63) is 53.5 Å². The van der Waals surface area contributed by atoms with E-state index in [1.54, 1.807) is 11.0 Å². The van der Waals surface area contributed by atoms with E-state index in [1.165, 1.54) is 0 Å². The Morgan fingerprint density at radius 1 is 1.38 bits per heavy atom. The average Bonchev–Trinajstić information content (AvgIpc) is 2.82. The fourth-order valence-corrected chi connectivity index (χ4v) is 2.62. The third-order valence-corrected chi connectivity index (χ3v) is 3.82. The minimum atomic E-state index is -0.674. The molecule has 24 heavy (non-hydrogen) atoms. The third-order valence-electron chi connectivity index (χ3n) is 3.82. The van der Waals surface area contributed by atoms with Crippen molar-refractivity contribution in [2.24, 2.45) is 0 Å². The molecule has 1 aromatic heterocycles. The quantitative estimate of drug-likeness (QED) is 0.928. The second-order valence-electron chi connectivity index (χ2n) is 5.81. The van der Waals surface area contributed by atoms with Gasteiger partial charge in [-0.1, -0.05) is 18.2 Å². The number of aliphatic hydroxyl groups is 1. The second-order valence-corrected chi connectivity index (χ2v) is 5.81. The maximum atomic E-state index is 12.6. The van der Waals surface area contributed by atoms with Crippen molar-refractivity contribution in [1.29, 1.82) is 0 Å². The minimum absolute atomic E-state index is 0.233. The van der Waals surface area contributed by atoms with Gasteiger partial charge in [0.05, 0.1) is 19.3 Å². The van der Waals surface area contributed by atoms with Crippen LogP contribution in [-0.4, -0.2) is 48.3 Å². The maximum Gasteiger partial charge on any atom is 0.290 e. The van der Waals surface area contributed by atoms with E-state index >= 15 is 0 Å². The molecular weight excluding hydrogens is 310 g/mol. The van der Waals surface area contributed by atoms with E-state index in [9.17, 15) is 9.90 Å². The first-order valence-electron chi connectivity index (χ1n) is 7.95. The van der Waals surface area contributed by atoms with Crippen molar-refractivity contribution in [2.45, 2.75) is 19.6 Å². The Hall–Kier alpha value is -2.31. The summed E-state index contributed by atoms with van der Waals surface area (Å²) in [5.74, 6) is 1.39. The van der Waals surface area contributed by atoms with Gasteiger partial charge in [-0.05, 0) is 25.1 Å². The van der Waals surface area contributed by atoms with Gasteiger partial charge in [-0.2, -0.15) is 0 Å². The predicted molar refractivity (Wildman–Crippen MR) is 86.9 cm³/mol. The molecule has 1 N–H and O–H groups in total. The number of β-amino-alcohol motifs (C(OH)–C–C–N with tert-alkyl or cyclic N) is 1. The zero-order chi connectivity index (χ0) is 16.9. The van der Waals surface area contributed by atoms with Crippen molar-refractivity contribution in [2.75, 3.05) is 26.3 Å². The van der Waals surface area contributed by atoms with Crippen LogP contribution in [0, 0.1) is 6.92 Å². The first-order valence-corrected chi connectivity index (χ1v) is 7.95. The summed E-state index contributed by atoms with van der Waals surface area (Å²) in [5.41, 5.74) is 0.756. The summed E-state index contributed by atoms with van der Waals surface area (Å²) < 4.78 is 16.6. The SMILES string of the molecule is Cc1cc(COc2ccccc2)oc1C(=O)N1CCOC[C@@H](O)C1. The Bertz CT molecular complexity index is 682. The van der Waals surface area contributed by atoms with Gasteiger partial charge in [-0.25, -0.2) is 0 Å². The highest BCUT2D eigenvalue weighted by Crippen LogP contribution is 2.20. The molecule has 1 fully saturated rings. The molecular formula is C18H21NO5. The van der Waals surface area contributed by atoms with Crippen LogP contribution < -0.4 is 4.74 Å².